The summed E-state index contributed by atoms with van der Waals surface area (Å²) >= 11 is 1.01. The largest absolute Gasteiger partial charge is 0.481 e. The number of hydrogen-bond acceptors (Lipinski definition) is 20. The number of nitrogen functional groups attached to an aromatic ring is 1. The summed E-state index contributed by atoms with van der Waals surface area (Å²) in [5.41, 5.74) is 17.1. The molecule has 478 valence electrons. The summed E-state index contributed by atoms with van der Waals surface area (Å²) in [5, 5.41) is 36.5. The Morgan fingerprint density at radius 1 is 0.820 bits per heavy atom. The van der Waals surface area contributed by atoms with E-state index in [0.717, 1.165) is 84.7 Å². The molecular weight excluding hydrogens is 1240 g/mol. The van der Waals surface area contributed by atoms with E-state index in [-0.39, 0.29) is 66.6 Å². The number of allylic oxidation sites excluding steroid dienone is 4. The lowest BCUT2D eigenvalue weighted by molar-refractivity contribution is -0.745. The molecule has 34 heteroatoms. The smallest absolute Gasteiger partial charge is 0.481 e. The van der Waals surface area contributed by atoms with Crippen molar-refractivity contribution >= 4 is 132 Å². The predicted molar refractivity (Wildman–Crippen MR) is 328 cm³/mol. The summed E-state index contributed by atoms with van der Waals surface area (Å²) in [4.78, 5) is 119. The highest BCUT2D eigenvalue weighted by atomic mass is 32.2. The zero-order valence-electron chi connectivity index (χ0n) is 49.1. The van der Waals surface area contributed by atoms with Crippen molar-refractivity contribution in [2.75, 3.05) is 37.8 Å². The lowest BCUT2D eigenvalue weighted by Gasteiger charge is -2.30. The fourth-order valence-electron chi connectivity index (χ4n) is 10.2. The number of aliphatic carboxylic acids is 1. The second-order valence-corrected chi connectivity index (χ2v) is 27.1. The van der Waals surface area contributed by atoms with Gasteiger partial charge < -0.3 is 66.0 Å². The lowest BCUT2D eigenvalue weighted by atomic mass is 9.87. The first-order chi connectivity index (χ1) is 41.8. The van der Waals surface area contributed by atoms with Crippen LogP contribution in [-0.4, -0.2) is 149 Å². The molecule has 1 saturated heterocycles. The molecule has 30 nitrogen and oxygen atoms in total. The first-order valence-corrected chi connectivity index (χ1v) is 33.0. The number of fused-ring (bicyclic) bond motifs is 9. The van der Waals surface area contributed by atoms with Crippen LogP contribution in [0.25, 0.3) is 67.7 Å². The molecule has 1 fully saturated rings. The van der Waals surface area contributed by atoms with Crippen molar-refractivity contribution in [1.82, 2.24) is 45.5 Å². The Morgan fingerprint density at radius 3 is 2.01 bits per heavy atom. The molecule has 89 heavy (non-hydrogen) atoms. The van der Waals surface area contributed by atoms with Crippen molar-refractivity contribution < 1.29 is 95.0 Å². The van der Waals surface area contributed by atoms with Crippen LogP contribution in [0.3, 0.4) is 0 Å². The number of imidazole rings is 1. The number of anilines is 1. The molecule has 0 aliphatic carbocycles. The molecule has 3 aliphatic heterocycles. The Morgan fingerprint density at radius 2 is 1.40 bits per heavy atom. The van der Waals surface area contributed by atoms with Crippen LogP contribution in [0.15, 0.2) is 50.1 Å². The van der Waals surface area contributed by atoms with Crippen molar-refractivity contribution in [2.24, 2.45) is 5.41 Å². The summed E-state index contributed by atoms with van der Waals surface area (Å²) in [6.45, 7) is 16.2. The molecule has 14 N–H and O–H groups in total. The number of carbonyl (C=O) groups excluding carboxylic acids is 3. The third kappa shape index (κ3) is 16.2. The van der Waals surface area contributed by atoms with Gasteiger partial charge in [-0.15, -0.1) is 0 Å². The molecule has 7 atom stereocenters. The number of amides is 2. The molecule has 7 unspecified atom stereocenters. The minimum Gasteiger partial charge on any atom is -0.481 e. The first kappa shape index (κ1) is 68.0. The van der Waals surface area contributed by atoms with Crippen LogP contribution in [0, 0.1) is 19.3 Å². The molecule has 0 saturated carbocycles. The number of aromatic nitrogens is 8. The number of ether oxygens (including phenoxy) is 1. The number of nitrogens with one attached hydrogen (secondary N) is 5. The van der Waals surface area contributed by atoms with Crippen LogP contribution in [0.2, 0.25) is 0 Å². The van der Waals surface area contributed by atoms with Crippen molar-refractivity contribution in [1.29, 1.82) is 0 Å². The summed E-state index contributed by atoms with van der Waals surface area (Å²) in [6, 6.07) is 7.74. The Hall–Kier alpha value is -6.89. The van der Waals surface area contributed by atoms with Gasteiger partial charge in [0, 0.05) is 76.7 Å². The highest BCUT2D eigenvalue weighted by Crippen LogP contribution is 2.61. The van der Waals surface area contributed by atoms with Crippen LogP contribution >= 0.6 is 35.2 Å². The molecule has 5 aromatic rings. The first-order valence-electron chi connectivity index (χ1n) is 27.5. The fraction of sp³-hybridized carbons (Fsp3) is 0.400. The standard InChI is InChI=1S/C55H68N11O19P3S/c1-9-31-27(3)35-19-36-30(6)34(42(64-36)22-41-33(11-13-45(68)69)29(5)38(65-41)21-40-32(10-2)28(4)37(63-40)20-39(31)62-35)12-14-46(70)89-18-17-57-44(67)15-16-58-53(73)50(72)55(7,8)24-82-88(79,80)85-87(77,78)81-23-43-49(84-86(74,75)76)48(71)54(83-43)66-26-61-47-51(56)59-25-60-52(47)66/h9-10,19-22,25-26,43,48-50,54,71-72H,1-2,11-18,23-24H2,3-8H3,(H11,56,57,58,59,60,62,63,64,65,67,68,69,73,74,75,76,77,78,79,80)/p+1. The van der Waals surface area contributed by atoms with Gasteiger partial charge in [0.05, 0.1) is 36.0 Å². The van der Waals surface area contributed by atoms with E-state index in [4.69, 9.17) is 34.0 Å². The van der Waals surface area contributed by atoms with Crippen LogP contribution in [0.4, 0.5) is 5.82 Å². The average Bonchev–Trinajstić information content (AvgIpc) is 1.89. The maximum Gasteiger partial charge on any atom is 0.481 e. The highest BCUT2D eigenvalue weighted by molar-refractivity contribution is 8.13. The molecule has 2 amide bonds. The number of rotatable bonds is 27. The zero-order valence-corrected chi connectivity index (χ0v) is 52.6. The van der Waals surface area contributed by atoms with Crippen LogP contribution in [0.5, 0.6) is 0 Å². The zero-order chi connectivity index (χ0) is 65.1. The van der Waals surface area contributed by atoms with Gasteiger partial charge in [-0.2, -0.15) is 9.29 Å². The topological polar surface area (TPSA) is 460 Å². The molecule has 0 radical (unpaired) electrons. The maximum absolute atomic E-state index is 13.4. The Balaban J connectivity index is 0.818. The molecule has 5 aromatic heterocycles. The summed E-state index contributed by atoms with van der Waals surface area (Å²) < 4.78 is 63.1. The van der Waals surface area contributed by atoms with Crippen LogP contribution in [0.1, 0.15) is 111 Å². The quantitative estimate of drug-likeness (QED) is 0.0167. The number of phosphoric ester groups is 3. The number of carboxylic acid groups (broad SMARTS) is 1. The average molecular weight is 1310 g/mol. The summed E-state index contributed by atoms with van der Waals surface area (Å²) in [6.07, 6.45) is -2.90. The molecule has 3 aliphatic rings. The molecule has 0 spiro atoms. The third-order valence-electron chi connectivity index (χ3n) is 15.0. The summed E-state index contributed by atoms with van der Waals surface area (Å²) in [7, 11) is -16.6. The molecule has 8 heterocycles. The van der Waals surface area contributed by atoms with Gasteiger partial charge in [0.2, 0.25) is 23.6 Å². The number of H-pyrrole nitrogens is 3. The second kappa shape index (κ2) is 27.7. The Bertz CT molecular complexity index is 4040. The van der Waals surface area contributed by atoms with E-state index in [1.54, 1.807) is 12.2 Å². The molecule has 0 aromatic carbocycles. The molecular formula is C55H69N11O19P3S+. The van der Waals surface area contributed by atoms with Gasteiger partial charge in [-0.05, 0) is 98.2 Å². The Labute approximate surface area is 512 Å². The van der Waals surface area contributed by atoms with Gasteiger partial charge in [-0.25, -0.2) is 28.2 Å². The van der Waals surface area contributed by atoms with Gasteiger partial charge in [-0.1, -0.05) is 55.9 Å². The van der Waals surface area contributed by atoms with E-state index in [1.165, 1.54) is 24.7 Å². The van der Waals surface area contributed by atoms with Gasteiger partial charge in [0.15, 0.2) is 23.6 Å². The normalized spacial score (nSPS) is 18.8. The van der Waals surface area contributed by atoms with Crippen LogP contribution in [-0.2, 0) is 55.5 Å². The van der Waals surface area contributed by atoms with Gasteiger partial charge in [0.25, 0.3) is 0 Å². The van der Waals surface area contributed by atoms with Crippen molar-refractivity contribution in [2.45, 2.75) is 104 Å². The molecule has 8 rings (SSSR count). The van der Waals surface area contributed by atoms with Crippen LogP contribution < -0.4 is 20.9 Å². The SMILES string of the molecule is C=Cc1c(C)c2cc3[nH]c(cc4nc(cc5nc(cc1[nH]2)C(C)=C5CCC(=O)O)C(CCC(=O)SCCNC(=O)CCNC(=O)C(O)C(C)(C)COP(=O)(O)OP(=O)(O)OCC1OC([n+]2c[nH]c5c(N)ncnc52)C(O)C1OP(=O)(O)O)=C4C)c(C)c3C=C. The number of phosphoric acid groups is 3. The van der Waals surface area contributed by atoms with Crippen molar-refractivity contribution in [3.8, 4) is 0 Å². The van der Waals surface area contributed by atoms with Crippen molar-refractivity contribution in [3.05, 3.63) is 95.1 Å². The number of aryl methyl sites for hydroxylation is 2. The minimum absolute atomic E-state index is 0.000734. The number of nitrogens with zero attached hydrogens (tertiary/aromatic N) is 5. The van der Waals surface area contributed by atoms with E-state index in [9.17, 15) is 67.8 Å². The number of aliphatic hydroxyl groups excluding tert-OH is 2. The third-order valence-corrected chi connectivity index (χ3v) is 19.1. The lowest BCUT2D eigenvalue weighted by Crippen LogP contribution is -2.46. The van der Waals surface area contributed by atoms with E-state index in [1.807, 2.05) is 52.0 Å². The number of thioether (sulfide) groups is 1. The number of carbonyl (C=O) groups is 4. The van der Waals surface area contributed by atoms with Gasteiger partial charge in [0.1, 0.15) is 24.4 Å². The fourth-order valence-corrected chi connectivity index (χ4v) is 13.7. The van der Waals surface area contributed by atoms with E-state index >= 15 is 0 Å². The van der Waals surface area contributed by atoms with E-state index < -0.39 is 90.5 Å². The molecule has 8 bridgehead atoms. The predicted octanol–water partition coefficient (Wildman–Crippen LogP) is 5.82. The number of aliphatic hydroxyl groups is 2. The number of aromatic amines is 3. The number of hydrogen-bond donors (Lipinski definition) is 13. The minimum atomic E-state index is -5.63. The second-order valence-electron chi connectivity index (χ2n) is 21.7. The highest BCUT2D eigenvalue weighted by Gasteiger charge is 2.52. The number of carboxylic acids is 1. The van der Waals surface area contributed by atoms with Gasteiger partial charge >= 0.3 is 35.1 Å². The maximum atomic E-state index is 13.4. The monoisotopic (exact) mass is 1310 g/mol. The van der Waals surface area contributed by atoms with E-state index in [2.05, 4.69) is 53.0 Å². The van der Waals surface area contributed by atoms with E-state index in [0.29, 0.717) is 29.2 Å². The summed E-state index contributed by atoms with van der Waals surface area (Å²) in [5.74, 6) is -2.27. The number of nitrogens with two attached hydrogens (primary N) is 1. The van der Waals surface area contributed by atoms with Crippen molar-refractivity contribution in [3.63, 3.8) is 0 Å². The van der Waals surface area contributed by atoms with Gasteiger partial charge in [-0.3, -0.25) is 37.7 Å². The Kier molecular flexibility index (Phi) is 21.2.